The number of benzene rings is 1. The minimum absolute atomic E-state index is 0.100. The van der Waals surface area contributed by atoms with Gasteiger partial charge in [0.05, 0.1) is 35.7 Å². The van der Waals surface area contributed by atoms with Crippen LogP contribution in [0.25, 0.3) is 0 Å². The van der Waals surface area contributed by atoms with Crippen LogP contribution in [0.15, 0.2) is 36.5 Å². The lowest BCUT2D eigenvalue weighted by molar-refractivity contribution is -0.119. The van der Waals surface area contributed by atoms with Crippen LogP contribution in [0.3, 0.4) is 0 Å². The molecule has 2 aliphatic carbocycles. The second-order valence-corrected chi connectivity index (χ2v) is 8.56. The fourth-order valence-electron chi connectivity index (χ4n) is 4.41. The summed E-state index contributed by atoms with van der Waals surface area (Å²) in [6.45, 7) is 0. The molecule has 0 unspecified atom stereocenters. The van der Waals surface area contributed by atoms with Crippen molar-refractivity contribution in [2.24, 2.45) is 11.7 Å². The van der Waals surface area contributed by atoms with E-state index in [0.29, 0.717) is 23.7 Å². The van der Waals surface area contributed by atoms with E-state index in [1.54, 1.807) is 10.9 Å². The van der Waals surface area contributed by atoms with E-state index in [-0.39, 0.29) is 18.1 Å². The number of amides is 1. The molecule has 1 aromatic heterocycles. The van der Waals surface area contributed by atoms with Crippen molar-refractivity contribution in [3.8, 4) is 6.07 Å². The number of nitrogens with zero attached hydrogens (tertiary/aromatic N) is 3. The highest BCUT2D eigenvalue weighted by molar-refractivity contribution is 5.95. The van der Waals surface area contributed by atoms with Crippen LogP contribution < -0.4 is 11.1 Å². The van der Waals surface area contributed by atoms with Gasteiger partial charge in [-0.1, -0.05) is 18.2 Å². The normalized spacial score (nSPS) is 23.5. The Bertz CT molecular complexity index is 963. The van der Waals surface area contributed by atoms with Gasteiger partial charge in [-0.05, 0) is 50.7 Å². The first-order valence-electron chi connectivity index (χ1n) is 10.6. The molecule has 0 aliphatic heterocycles. The number of primary amides is 1. The summed E-state index contributed by atoms with van der Waals surface area (Å²) in [5.41, 5.74) is 6.93. The Morgan fingerprint density at radius 1 is 1.20 bits per heavy atom. The standard InChI is InChI=1S/C23H27N5O2/c24-13-12-23(10-8-18(9-11-23)26-17-4-2-1-3-5-17)28-15-19(22(25)30)20(27-28)14-21(29)16-6-7-16/h1-5,15-16,18,26H,6-12,14H2,(H2,25,30). The lowest BCUT2D eigenvalue weighted by atomic mass is 9.77. The van der Waals surface area contributed by atoms with Gasteiger partial charge in [-0.25, -0.2) is 0 Å². The van der Waals surface area contributed by atoms with Crippen LogP contribution in [-0.2, 0) is 16.8 Å². The van der Waals surface area contributed by atoms with E-state index in [1.807, 2.05) is 30.3 Å². The summed E-state index contributed by atoms with van der Waals surface area (Å²) in [5, 5.41) is 17.7. The predicted octanol–water partition coefficient (Wildman–Crippen LogP) is 3.17. The van der Waals surface area contributed by atoms with Crippen molar-refractivity contribution in [1.82, 2.24) is 9.78 Å². The summed E-state index contributed by atoms with van der Waals surface area (Å²) in [6.07, 6.45) is 7.23. The molecule has 1 aromatic carbocycles. The number of carbonyl (C=O) groups excluding carboxylic acids is 2. The number of nitriles is 1. The van der Waals surface area contributed by atoms with Crippen LogP contribution in [0.5, 0.6) is 0 Å². The minimum Gasteiger partial charge on any atom is -0.382 e. The van der Waals surface area contributed by atoms with Gasteiger partial charge < -0.3 is 11.1 Å². The first-order valence-corrected chi connectivity index (χ1v) is 10.6. The molecule has 0 bridgehead atoms. The monoisotopic (exact) mass is 405 g/mol. The van der Waals surface area contributed by atoms with E-state index in [4.69, 9.17) is 5.73 Å². The topological polar surface area (TPSA) is 114 Å². The Labute approximate surface area is 176 Å². The Morgan fingerprint density at radius 2 is 1.90 bits per heavy atom. The zero-order valence-corrected chi connectivity index (χ0v) is 17.0. The van der Waals surface area contributed by atoms with Crippen LogP contribution in [0, 0.1) is 17.2 Å². The predicted molar refractivity (Wildman–Crippen MR) is 113 cm³/mol. The molecular weight excluding hydrogens is 378 g/mol. The van der Waals surface area contributed by atoms with Crippen molar-refractivity contribution in [3.05, 3.63) is 47.8 Å². The van der Waals surface area contributed by atoms with Gasteiger partial charge in [0, 0.05) is 23.8 Å². The van der Waals surface area contributed by atoms with Crippen molar-refractivity contribution in [2.75, 3.05) is 5.32 Å². The number of ketones is 1. The number of anilines is 1. The fourth-order valence-corrected chi connectivity index (χ4v) is 4.41. The van der Waals surface area contributed by atoms with Crippen molar-refractivity contribution in [1.29, 1.82) is 5.26 Å². The molecule has 1 heterocycles. The number of hydrogen-bond donors (Lipinski definition) is 2. The third-order valence-electron chi connectivity index (χ3n) is 6.39. The summed E-state index contributed by atoms with van der Waals surface area (Å²) in [4.78, 5) is 24.3. The highest BCUT2D eigenvalue weighted by Gasteiger charge is 2.39. The van der Waals surface area contributed by atoms with Crippen LogP contribution in [0.1, 0.15) is 61.0 Å². The van der Waals surface area contributed by atoms with Gasteiger partial charge in [0.25, 0.3) is 5.91 Å². The lowest BCUT2D eigenvalue weighted by Gasteiger charge is -2.39. The molecule has 156 valence electrons. The average molecular weight is 406 g/mol. The molecule has 2 fully saturated rings. The van der Waals surface area contributed by atoms with Crippen molar-refractivity contribution >= 4 is 17.4 Å². The third kappa shape index (κ3) is 4.23. The average Bonchev–Trinajstić information content (AvgIpc) is 3.51. The lowest BCUT2D eigenvalue weighted by Crippen LogP contribution is -2.41. The molecular formula is C23H27N5O2. The number of hydrogen-bond acceptors (Lipinski definition) is 5. The molecule has 7 heteroatoms. The largest absolute Gasteiger partial charge is 0.382 e. The molecule has 2 aliphatic rings. The van der Waals surface area contributed by atoms with Crippen molar-refractivity contribution in [3.63, 3.8) is 0 Å². The molecule has 2 aromatic rings. The zero-order valence-electron chi connectivity index (χ0n) is 17.0. The molecule has 7 nitrogen and oxygen atoms in total. The number of aromatic nitrogens is 2. The molecule has 3 N–H and O–H groups in total. The number of nitrogens with two attached hydrogens (primary N) is 1. The summed E-state index contributed by atoms with van der Waals surface area (Å²) in [6, 6.07) is 12.7. The first-order chi connectivity index (χ1) is 14.5. The maximum atomic E-state index is 12.3. The van der Waals surface area contributed by atoms with Gasteiger partial charge in [0.15, 0.2) is 0 Å². The van der Waals surface area contributed by atoms with Gasteiger partial charge in [0.2, 0.25) is 0 Å². The van der Waals surface area contributed by atoms with E-state index < -0.39 is 11.4 Å². The van der Waals surface area contributed by atoms with Crippen LogP contribution in [0.4, 0.5) is 5.69 Å². The van der Waals surface area contributed by atoms with E-state index in [0.717, 1.165) is 44.2 Å². The van der Waals surface area contributed by atoms with Crippen molar-refractivity contribution in [2.45, 2.75) is 62.9 Å². The highest BCUT2D eigenvalue weighted by atomic mass is 16.1. The maximum absolute atomic E-state index is 12.3. The van der Waals surface area contributed by atoms with E-state index in [1.165, 1.54) is 0 Å². The smallest absolute Gasteiger partial charge is 0.252 e. The van der Waals surface area contributed by atoms with Gasteiger partial charge in [-0.3, -0.25) is 14.3 Å². The van der Waals surface area contributed by atoms with E-state index in [2.05, 4.69) is 16.5 Å². The van der Waals surface area contributed by atoms with E-state index >= 15 is 0 Å². The summed E-state index contributed by atoms with van der Waals surface area (Å²) < 4.78 is 1.75. The Hall–Kier alpha value is -3.14. The van der Waals surface area contributed by atoms with Crippen LogP contribution >= 0.6 is 0 Å². The van der Waals surface area contributed by atoms with Crippen molar-refractivity contribution < 1.29 is 9.59 Å². The van der Waals surface area contributed by atoms with Gasteiger partial charge in [0.1, 0.15) is 5.78 Å². The molecule has 0 radical (unpaired) electrons. The Balaban J connectivity index is 1.53. The number of nitrogens with one attached hydrogen (secondary N) is 1. The van der Waals surface area contributed by atoms with Gasteiger partial charge >= 0.3 is 0 Å². The number of para-hydroxylation sites is 1. The van der Waals surface area contributed by atoms with Gasteiger partial charge in [-0.15, -0.1) is 0 Å². The second-order valence-electron chi connectivity index (χ2n) is 8.56. The molecule has 0 spiro atoms. The fraction of sp³-hybridized carbons (Fsp3) is 0.478. The minimum atomic E-state index is -0.577. The summed E-state index contributed by atoms with van der Waals surface area (Å²) in [7, 11) is 0. The Kier molecular flexibility index (Phi) is 5.58. The second kappa shape index (κ2) is 8.31. The zero-order chi connectivity index (χ0) is 21.1. The Morgan fingerprint density at radius 3 is 2.50 bits per heavy atom. The molecule has 2 saturated carbocycles. The molecule has 4 rings (SSSR count). The molecule has 0 saturated heterocycles. The highest BCUT2D eigenvalue weighted by Crippen LogP contribution is 2.39. The summed E-state index contributed by atoms with van der Waals surface area (Å²) >= 11 is 0. The molecule has 1 amide bonds. The first kappa shape index (κ1) is 20.1. The molecule has 0 atom stereocenters. The van der Waals surface area contributed by atoms with E-state index in [9.17, 15) is 14.9 Å². The SMILES string of the molecule is N#CCC1(n2cc(C(N)=O)c(CC(=O)C3CC3)n2)CCC(Nc2ccccc2)CC1. The molecule has 30 heavy (non-hydrogen) atoms. The number of carbonyl (C=O) groups is 2. The van der Waals surface area contributed by atoms with Gasteiger partial charge in [-0.2, -0.15) is 10.4 Å². The number of rotatable bonds is 8. The third-order valence-corrected chi connectivity index (χ3v) is 6.39. The van der Waals surface area contributed by atoms with Crippen LogP contribution in [-0.4, -0.2) is 27.5 Å². The summed E-state index contributed by atoms with van der Waals surface area (Å²) in [5.74, 6) is -0.359. The number of Topliss-reactive ketones (excluding diaryl/α,β-unsaturated/α-hetero) is 1. The quantitative estimate of drug-likeness (QED) is 0.700. The maximum Gasteiger partial charge on any atom is 0.252 e. The van der Waals surface area contributed by atoms with Crippen LogP contribution in [0.2, 0.25) is 0 Å².